The molecule has 0 aliphatic carbocycles. The fourth-order valence-corrected chi connectivity index (χ4v) is 5.46. The zero-order valence-electron chi connectivity index (χ0n) is 23.3. The third-order valence-electron chi connectivity index (χ3n) is 7.27. The summed E-state index contributed by atoms with van der Waals surface area (Å²) < 4.78 is 0.219. The maximum atomic E-state index is 4.86. The van der Waals surface area contributed by atoms with Crippen molar-refractivity contribution in [3.63, 3.8) is 0 Å². The molecule has 0 aliphatic heterocycles. The molecule has 3 aromatic heterocycles. The van der Waals surface area contributed by atoms with Crippen LogP contribution in [0.4, 0.5) is 11.4 Å². The highest BCUT2D eigenvalue weighted by molar-refractivity contribution is 8.00. The van der Waals surface area contributed by atoms with Gasteiger partial charge in [0.05, 0.1) is 34.2 Å². The molecule has 0 bridgehead atoms. The summed E-state index contributed by atoms with van der Waals surface area (Å²) in [6.45, 7) is 9.17. The van der Waals surface area contributed by atoms with E-state index in [0.717, 1.165) is 51.7 Å². The molecule has 5 aromatic rings. The van der Waals surface area contributed by atoms with E-state index >= 15 is 0 Å². The molecule has 0 aliphatic rings. The molecule has 0 radical (unpaired) electrons. The summed E-state index contributed by atoms with van der Waals surface area (Å²) in [6, 6.07) is 32.3. The van der Waals surface area contributed by atoms with Crippen molar-refractivity contribution in [2.45, 2.75) is 43.8 Å². The van der Waals surface area contributed by atoms with Gasteiger partial charge < -0.3 is 0 Å². The molecule has 0 amide bonds. The Hall–Kier alpha value is -4.16. The number of hydrogen-bond acceptors (Lipinski definition) is 6. The number of benzene rings is 2. The Morgan fingerprint density at radius 2 is 1.20 bits per heavy atom. The topological polar surface area (TPSA) is 63.4 Å². The number of nitrogens with zero attached hydrogens (tertiary/aromatic N) is 5. The lowest BCUT2D eigenvalue weighted by Gasteiger charge is -2.32. The van der Waals surface area contributed by atoms with Gasteiger partial charge in [0.25, 0.3) is 0 Å². The molecule has 0 saturated carbocycles. The lowest BCUT2D eigenvalue weighted by atomic mass is 9.94. The second-order valence-electron chi connectivity index (χ2n) is 10.2. The van der Waals surface area contributed by atoms with Crippen LogP contribution in [0.3, 0.4) is 0 Å². The lowest BCUT2D eigenvalue weighted by molar-refractivity contribution is 0.455. The van der Waals surface area contributed by atoms with Crippen LogP contribution in [0.5, 0.6) is 0 Å². The van der Waals surface area contributed by atoms with Crippen molar-refractivity contribution >= 4 is 23.1 Å². The minimum absolute atomic E-state index is 0.219. The van der Waals surface area contributed by atoms with Crippen LogP contribution < -0.4 is 0 Å². The van der Waals surface area contributed by atoms with Crippen LogP contribution in [0.2, 0.25) is 0 Å². The predicted molar refractivity (Wildman–Crippen MR) is 166 cm³/mol. The van der Waals surface area contributed by atoms with Crippen LogP contribution in [-0.2, 0) is 0 Å². The Bertz CT molecular complexity index is 1510. The van der Waals surface area contributed by atoms with E-state index in [-0.39, 0.29) is 4.75 Å². The Balaban J connectivity index is 1.36. The standard InChI is InChI=1S/C34H33N5S/c1-5-34(4,24(2)3)40-29-18-16-28(17-19-29)39-38-27-14-12-25(13-15-27)26-22-32(30-10-6-8-20-35-30)37-33(23-26)31-11-7-9-21-36-31/h6-24H,5H2,1-4H3. The van der Waals surface area contributed by atoms with E-state index in [1.54, 1.807) is 12.4 Å². The van der Waals surface area contributed by atoms with Gasteiger partial charge in [0, 0.05) is 22.0 Å². The molecule has 0 N–H and O–H groups in total. The van der Waals surface area contributed by atoms with E-state index in [0.29, 0.717) is 5.92 Å². The van der Waals surface area contributed by atoms with E-state index in [9.17, 15) is 0 Å². The SMILES string of the molecule is CCC(C)(Sc1ccc(N=Nc2ccc(-c3cc(-c4ccccn4)nc(-c4ccccn4)c3)cc2)cc1)C(C)C. The third kappa shape index (κ3) is 6.52. The predicted octanol–water partition coefficient (Wildman–Crippen LogP) is 10.2. The zero-order valence-corrected chi connectivity index (χ0v) is 24.1. The fraction of sp³-hybridized carbons (Fsp3) is 0.206. The lowest BCUT2D eigenvalue weighted by Crippen LogP contribution is -2.25. The molecule has 1 atom stereocenters. The Labute approximate surface area is 240 Å². The van der Waals surface area contributed by atoms with Gasteiger partial charge in [-0.05, 0) is 103 Å². The number of thioether (sulfide) groups is 1. The fourth-order valence-electron chi connectivity index (χ4n) is 4.27. The molecule has 5 rings (SSSR count). The van der Waals surface area contributed by atoms with E-state index in [2.05, 4.69) is 84.3 Å². The van der Waals surface area contributed by atoms with Crippen molar-refractivity contribution in [1.82, 2.24) is 15.0 Å². The average Bonchev–Trinajstić information content (AvgIpc) is 3.01. The molecule has 0 saturated heterocycles. The van der Waals surface area contributed by atoms with Gasteiger partial charge >= 0.3 is 0 Å². The minimum atomic E-state index is 0.219. The summed E-state index contributed by atoms with van der Waals surface area (Å²) in [6.07, 6.45) is 4.69. The summed E-state index contributed by atoms with van der Waals surface area (Å²) in [5.74, 6) is 0.597. The zero-order chi connectivity index (χ0) is 28.0. The molecule has 1 unspecified atom stereocenters. The van der Waals surface area contributed by atoms with Gasteiger partial charge in [-0.15, -0.1) is 11.8 Å². The number of pyridine rings is 3. The van der Waals surface area contributed by atoms with Crippen molar-refractivity contribution in [3.05, 3.63) is 109 Å². The van der Waals surface area contributed by atoms with Gasteiger partial charge in [0.2, 0.25) is 0 Å². The monoisotopic (exact) mass is 543 g/mol. The van der Waals surface area contributed by atoms with E-state index < -0.39 is 0 Å². The molecular weight excluding hydrogens is 510 g/mol. The maximum Gasteiger partial charge on any atom is 0.0900 e. The molecule has 40 heavy (non-hydrogen) atoms. The quantitative estimate of drug-likeness (QED) is 0.137. The summed E-state index contributed by atoms with van der Waals surface area (Å²) >= 11 is 1.94. The van der Waals surface area contributed by atoms with Gasteiger partial charge in [-0.3, -0.25) is 9.97 Å². The Morgan fingerprint density at radius 1 is 0.675 bits per heavy atom. The summed E-state index contributed by atoms with van der Waals surface area (Å²) in [5, 5.41) is 8.94. The molecule has 6 heteroatoms. The normalized spacial score (nSPS) is 13.0. The van der Waals surface area contributed by atoms with E-state index in [1.165, 1.54) is 4.90 Å². The van der Waals surface area contributed by atoms with Crippen molar-refractivity contribution < 1.29 is 0 Å². The number of aromatic nitrogens is 3. The number of azo groups is 1. The molecular formula is C34H33N5S. The van der Waals surface area contributed by atoms with Gasteiger partial charge in [0.15, 0.2) is 0 Å². The maximum absolute atomic E-state index is 4.86. The summed E-state index contributed by atoms with van der Waals surface area (Å²) in [5.41, 5.74) is 6.97. The van der Waals surface area contributed by atoms with Crippen molar-refractivity contribution in [1.29, 1.82) is 0 Å². The first-order chi connectivity index (χ1) is 19.4. The highest BCUT2D eigenvalue weighted by Gasteiger charge is 2.27. The molecule has 3 heterocycles. The van der Waals surface area contributed by atoms with Crippen molar-refractivity contribution in [3.8, 4) is 33.9 Å². The van der Waals surface area contributed by atoms with Crippen LogP contribution in [0.15, 0.2) is 125 Å². The van der Waals surface area contributed by atoms with Crippen LogP contribution in [0.25, 0.3) is 33.9 Å². The second-order valence-corrected chi connectivity index (χ2v) is 11.8. The number of rotatable bonds is 9. The molecule has 0 fully saturated rings. The third-order valence-corrected chi connectivity index (χ3v) is 9.01. The molecule has 200 valence electrons. The van der Waals surface area contributed by atoms with Gasteiger partial charge in [0.1, 0.15) is 0 Å². The molecule has 2 aromatic carbocycles. The summed E-state index contributed by atoms with van der Waals surface area (Å²) in [7, 11) is 0. The van der Waals surface area contributed by atoms with Crippen LogP contribution in [0.1, 0.15) is 34.1 Å². The highest BCUT2D eigenvalue weighted by atomic mass is 32.2. The van der Waals surface area contributed by atoms with Gasteiger partial charge in [-0.2, -0.15) is 10.2 Å². The van der Waals surface area contributed by atoms with Gasteiger partial charge in [-0.25, -0.2) is 4.98 Å². The average molecular weight is 544 g/mol. The van der Waals surface area contributed by atoms with Crippen LogP contribution in [-0.4, -0.2) is 19.7 Å². The minimum Gasteiger partial charge on any atom is -0.255 e. The van der Waals surface area contributed by atoms with E-state index in [1.807, 2.05) is 72.4 Å². The van der Waals surface area contributed by atoms with Gasteiger partial charge in [-0.1, -0.05) is 45.0 Å². The first-order valence-electron chi connectivity index (χ1n) is 13.6. The Morgan fingerprint density at radius 3 is 1.65 bits per heavy atom. The second kappa shape index (κ2) is 12.3. The van der Waals surface area contributed by atoms with Crippen molar-refractivity contribution in [2.24, 2.45) is 16.1 Å². The van der Waals surface area contributed by atoms with Crippen molar-refractivity contribution in [2.75, 3.05) is 0 Å². The van der Waals surface area contributed by atoms with Crippen LogP contribution in [0, 0.1) is 5.92 Å². The largest absolute Gasteiger partial charge is 0.255 e. The first-order valence-corrected chi connectivity index (χ1v) is 14.4. The highest BCUT2D eigenvalue weighted by Crippen LogP contribution is 2.41. The van der Waals surface area contributed by atoms with E-state index in [4.69, 9.17) is 4.98 Å². The molecule has 0 spiro atoms. The first kappa shape index (κ1) is 27.4. The van der Waals surface area contributed by atoms with Crippen LogP contribution >= 0.6 is 11.8 Å². The molecule has 5 nitrogen and oxygen atoms in total. The Kier molecular flexibility index (Phi) is 8.46. The smallest absolute Gasteiger partial charge is 0.0900 e. The number of hydrogen-bond donors (Lipinski definition) is 0. The summed E-state index contributed by atoms with van der Waals surface area (Å²) in [4.78, 5) is 15.1.